The Kier molecular flexibility index (Phi) is 3.42. The summed E-state index contributed by atoms with van der Waals surface area (Å²) in [6.45, 7) is 1.05. The van der Waals surface area contributed by atoms with Gasteiger partial charge in [-0.3, -0.25) is 0 Å². The van der Waals surface area contributed by atoms with E-state index in [0.717, 1.165) is 23.3 Å². The lowest BCUT2D eigenvalue weighted by molar-refractivity contribution is 0.357. The Balaban J connectivity index is 1.48. The normalized spacial score (nSPS) is 12.7. The van der Waals surface area contributed by atoms with Gasteiger partial charge in [-0.25, -0.2) is 4.39 Å². The molecule has 116 valence electrons. The maximum atomic E-state index is 13.1. The summed E-state index contributed by atoms with van der Waals surface area (Å²) in [5, 5.41) is 11.1. The van der Waals surface area contributed by atoms with Gasteiger partial charge in [-0.15, -0.1) is 10.2 Å². The van der Waals surface area contributed by atoms with Gasteiger partial charge in [0.2, 0.25) is 11.8 Å². The zero-order valence-corrected chi connectivity index (χ0v) is 12.3. The summed E-state index contributed by atoms with van der Waals surface area (Å²) >= 11 is 0. The molecule has 2 aromatic carbocycles. The molecule has 23 heavy (non-hydrogen) atoms. The first-order valence-corrected chi connectivity index (χ1v) is 7.36. The number of nitrogens with zero attached hydrogens (tertiary/aromatic N) is 2. The zero-order valence-electron chi connectivity index (χ0n) is 12.3. The number of nitrogens with one attached hydrogen (secondary N) is 1. The average Bonchev–Trinajstić information content (AvgIpc) is 3.21. The van der Waals surface area contributed by atoms with E-state index in [0.29, 0.717) is 30.6 Å². The minimum atomic E-state index is -0.290. The molecule has 0 fully saturated rings. The van der Waals surface area contributed by atoms with E-state index in [2.05, 4.69) is 15.5 Å². The topological polar surface area (TPSA) is 60.2 Å². The van der Waals surface area contributed by atoms with Crippen LogP contribution in [0.5, 0.6) is 5.75 Å². The molecule has 0 saturated carbocycles. The lowest BCUT2D eigenvalue weighted by Crippen LogP contribution is -1.99. The van der Waals surface area contributed by atoms with Gasteiger partial charge >= 0.3 is 0 Å². The summed E-state index contributed by atoms with van der Waals surface area (Å²) in [5.74, 6) is 1.54. The molecular weight excluding hydrogens is 297 g/mol. The molecule has 2 heterocycles. The van der Waals surface area contributed by atoms with Crippen LogP contribution < -0.4 is 10.1 Å². The van der Waals surface area contributed by atoms with Gasteiger partial charge in [-0.2, -0.15) is 0 Å². The van der Waals surface area contributed by atoms with E-state index in [4.69, 9.17) is 9.15 Å². The van der Waals surface area contributed by atoms with E-state index in [1.807, 2.05) is 18.2 Å². The Labute approximate surface area is 132 Å². The fraction of sp³-hybridized carbons (Fsp3) is 0.176. The number of halogens is 1. The number of anilines is 1. The standard InChI is InChI=1S/C17H14FN3O2/c18-13-2-1-3-14(9-13)19-10-16-20-21-17(23-16)12-4-5-15-11(8-12)6-7-22-15/h1-5,8-9,19H,6-7,10H2. The third-order valence-corrected chi connectivity index (χ3v) is 3.67. The first kappa shape index (κ1) is 13.8. The van der Waals surface area contributed by atoms with Crippen LogP contribution >= 0.6 is 0 Å². The molecule has 6 heteroatoms. The molecule has 5 nitrogen and oxygen atoms in total. The second-order valence-corrected chi connectivity index (χ2v) is 5.29. The van der Waals surface area contributed by atoms with Crippen molar-refractivity contribution in [1.29, 1.82) is 0 Å². The molecule has 0 spiro atoms. The predicted octanol–water partition coefficient (Wildman–Crippen LogP) is 3.42. The van der Waals surface area contributed by atoms with Crippen molar-refractivity contribution in [2.75, 3.05) is 11.9 Å². The smallest absolute Gasteiger partial charge is 0.247 e. The number of ether oxygens (including phenoxy) is 1. The number of aromatic nitrogens is 2. The third kappa shape index (κ3) is 2.88. The molecule has 0 amide bonds. The lowest BCUT2D eigenvalue weighted by atomic mass is 10.1. The Hall–Kier alpha value is -2.89. The molecule has 0 radical (unpaired) electrons. The van der Waals surface area contributed by atoms with Crippen molar-refractivity contribution in [3.8, 4) is 17.2 Å². The quantitative estimate of drug-likeness (QED) is 0.800. The van der Waals surface area contributed by atoms with Gasteiger partial charge in [0.25, 0.3) is 0 Å². The first-order chi connectivity index (χ1) is 11.3. The van der Waals surface area contributed by atoms with E-state index in [-0.39, 0.29) is 5.82 Å². The van der Waals surface area contributed by atoms with Gasteiger partial charge in [0.05, 0.1) is 13.2 Å². The third-order valence-electron chi connectivity index (χ3n) is 3.67. The van der Waals surface area contributed by atoms with Crippen molar-refractivity contribution >= 4 is 5.69 Å². The molecule has 3 aromatic rings. The summed E-state index contributed by atoms with van der Waals surface area (Å²) in [6.07, 6.45) is 0.894. The summed E-state index contributed by atoms with van der Waals surface area (Å²) in [5.41, 5.74) is 2.69. The Morgan fingerprint density at radius 3 is 3.00 bits per heavy atom. The molecule has 0 unspecified atom stereocenters. The van der Waals surface area contributed by atoms with Crippen LogP contribution in [-0.4, -0.2) is 16.8 Å². The Morgan fingerprint density at radius 1 is 1.13 bits per heavy atom. The molecule has 0 bridgehead atoms. The fourth-order valence-electron chi connectivity index (χ4n) is 2.54. The number of rotatable bonds is 4. The number of hydrogen-bond donors (Lipinski definition) is 1. The maximum absolute atomic E-state index is 13.1. The SMILES string of the molecule is Fc1cccc(NCc2nnc(-c3ccc4c(c3)CCO4)o2)c1. The van der Waals surface area contributed by atoms with Crippen molar-refractivity contribution in [3.63, 3.8) is 0 Å². The highest BCUT2D eigenvalue weighted by Gasteiger charge is 2.15. The van der Waals surface area contributed by atoms with Crippen LogP contribution in [-0.2, 0) is 13.0 Å². The van der Waals surface area contributed by atoms with E-state index in [1.54, 1.807) is 12.1 Å². The zero-order chi connectivity index (χ0) is 15.6. The summed E-state index contributed by atoms with van der Waals surface area (Å²) in [6, 6.07) is 12.1. The highest BCUT2D eigenvalue weighted by molar-refractivity contribution is 5.57. The van der Waals surface area contributed by atoms with Crippen LogP contribution in [0.15, 0.2) is 46.9 Å². The molecule has 1 aliphatic heterocycles. The molecule has 4 rings (SSSR count). The minimum Gasteiger partial charge on any atom is -0.493 e. The highest BCUT2D eigenvalue weighted by atomic mass is 19.1. The second kappa shape index (κ2) is 5.72. The van der Waals surface area contributed by atoms with Crippen molar-refractivity contribution < 1.29 is 13.5 Å². The monoisotopic (exact) mass is 311 g/mol. The van der Waals surface area contributed by atoms with E-state index < -0.39 is 0 Å². The highest BCUT2D eigenvalue weighted by Crippen LogP contribution is 2.29. The largest absolute Gasteiger partial charge is 0.493 e. The molecule has 1 aromatic heterocycles. The van der Waals surface area contributed by atoms with E-state index in [1.165, 1.54) is 12.1 Å². The van der Waals surface area contributed by atoms with Crippen LogP contribution in [0.2, 0.25) is 0 Å². The van der Waals surface area contributed by atoms with Gasteiger partial charge in [0, 0.05) is 17.7 Å². The molecule has 0 saturated heterocycles. The lowest BCUT2D eigenvalue weighted by Gasteiger charge is -2.03. The van der Waals surface area contributed by atoms with Crippen LogP contribution in [0.1, 0.15) is 11.5 Å². The van der Waals surface area contributed by atoms with Gasteiger partial charge in [-0.05, 0) is 42.0 Å². The van der Waals surface area contributed by atoms with Crippen molar-refractivity contribution in [2.45, 2.75) is 13.0 Å². The average molecular weight is 311 g/mol. The van der Waals surface area contributed by atoms with Gasteiger partial charge in [0.1, 0.15) is 11.6 Å². The first-order valence-electron chi connectivity index (χ1n) is 7.36. The Morgan fingerprint density at radius 2 is 2.09 bits per heavy atom. The van der Waals surface area contributed by atoms with Crippen LogP contribution in [0.25, 0.3) is 11.5 Å². The number of fused-ring (bicyclic) bond motifs is 1. The Bertz CT molecular complexity index is 847. The van der Waals surface area contributed by atoms with Crippen LogP contribution in [0, 0.1) is 5.82 Å². The molecule has 0 aliphatic carbocycles. The summed E-state index contributed by atoms with van der Waals surface area (Å²) in [4.78, 5) is 0. The molecule has 0 atom stereocenters. The van der Waals surface area contributed by atoms with Crippen molar-refractivity contribution in [1.82, 2.24) is 10.2 Å². The predicted molar refractivity (Wildman–Crippen MR) is 82.7 cm³/mol. The van der Waals surface area contributed by atoms with Crippen molar-refractivity contribution in [2.24, 2.45) is 0 Å². The fourth-order valence-corrected chi connectivity index (χ4v) is 2.54. The van der Waals surface area contributed by atoms with Gasteiger partial charge < -0.3 is 14.5 Å². The van der Waals surface area contributed by atoms with Crippen molar-refractivity contribution in [3.05, 3.63) is 59.7 Å². The van der Waals surface area contributed by atoms with Crippen LogP contribution in [0.4, 0.5) is 10.1 Å². The molecule has 1 aliphatic rings. The number of hydrogen-bond acceptors (Lipinski definition) is 5. The summed E-state index contributed by atoms with van der Waals surface area (Å²) in [7, 11) is 0. The molecular formula is C17H14FN3O2. The van der Waals surface area contributed by atoms with E-state index in [9.17, 15) is 4.39 Å². The van der Waals surface area contributed by atoms with E-state index >= 15 is 0 Å². The number of benzene rings is 2. The van der Waals surface area contributed by atoms with Gasteiger partial charge in [-0.1, -0.05) is 6.07 Å². The maximum Gasteiger partial charge on any atom is 0.247 e. The van der Waals surface area contributed by atoms with Crippen LogP contribution in [0.3, 0.4) is 0 Å². The second-order valence-electron chi connectivity index (χ2n) is 5.29. The molecule has 1 N–H and O–H groups in total. The summed E-state index contributed by atoms with van der Waals surface area (Å²) < 4.78 is 24.3. The van der Waals surface area contributed by atoms with Gasteiger partial charge in [0.15, 0.2) is 0 Å². The minimum absolute atomic E-state index is 0.290.